The first-order valence-electron chi connectivity index (χ1n) is 13.1. The highest BCUT2D eigenvalue weighted by Crippen LogP contribution is 2.43. The molecule has 0 amide bonds. The van der Waals surface area contributed by atoms with E-state index in [4.69, 9.17) is 4.98 Å². The number of allylic oxidation sites excluding steroid dienone is 2. The average molecular weight is 527 g/mol. The molecule has 5 aromatic rings. The van der Waals surface area contributed by atoms with Crippen LogP contribution in [0, 0.1) is 0 Å². The number of carboxylic acids is 2. The van der Waals surface area contributed by atoms with Crippen LogP contribution < -0.4 is 4.90 Å². The van der Waals surface area contributed by atoms with Gasteiger partial charge in [-0.2, -0.15) is 0 Å². The fraction of sp³-hybridized carbons (Fsp3) is 0.0882. The fourth-order valence-corrected chi connectivity index (χ4v) is 5.55. The van der Waals surface area contributed by atoms with Crippen molar-refractivity contribution in [2.45, 2.75) is 18.4 Å². The third kappa shape index (κ3) is 4.20. The van der Waals surface area contributed by atoms with Crippen molar-refractivity contribution in [3.63, 3.8) is 0 Å². The van der Waals surface area contributed by atoms with Crippen LogP contribution >= 0.6 is 0 Å². The minimum Gasteiger partial charge on any atom is -0.481 e. The maximum absolute atomic E-state index is 13.2. The van der Waals surface area contributed by atoms with E-state index in [0.717, 1.165) is 38.5 Å². The van der Waals surface area contributed by atoms with E-state index in [0.29, 0.717) is 17.7 Å². The number of hydrogen-bond acceptors (Lipinski definition) is 4. The Morgan fingerprint density at radius 1 is 0.800 bits per heavy atom. The van der Waals surface area contributed by atoms with Gasteiger partial charge < -0.3 is 15.1 Å². The van der Waals surface area contributed by atoms with E-state index in [1.54, 1.807) is 41.5 Å². The average Bonchev–Trinajstić information content (AvgIpc) is 2.99. The Bertz CT molecular complexity index is 1830. The number of aromatic nitrogens is 1. The van der Waals surface area contributed by atoms with Crippen molar-refractivity contribution in [2.24, 2.45) is 0 Å². The van der Waals surface area contributed by atoms with Crippen molar-refractivity contribution in [1.29, 1.82) is 0 Å². The van der Waals surface area contributed by atoms with Crippen molar-refractivity contribution in [2.75, 3.05) is 4.90 Å². The molecule has 0 spiro atoms. The lowest BCUT2D eigenvalue weighted by Gasteiger charge is -2.40. The number of nitrogens with zero attached hydrogens (tertiary/aromatic N) is 2. The first-order chi connectivity index (χ1) is 19.5. The minimum absolute atomic E-state index is 0.0340. The number of carbonyl (C=O) groups is 2. The van der Waals surface area contributed by atoms with Crippen LogP contribution in [-0.4, -0.2) is 27.1 Å². The molecule has 1 aromatic heterocycles. The van der Waals surface area contributed by atoms with Gasteiger partial charge in [0.25, 0.3) is 0 Å². The second-order valence-corrected chi connectivity index (χ2v) is 9.78. The standard InChI is InChI=1S/C34H26N2O4/c37-30(38)19-18-23-10-8-13-25(22-23)34(33(39)40)20-6-7-21-36(34)29-17-9-16-28-31(29)26-14-4-5-15-27(26)32(35-28)24-11-2-1-3-12-24/h1-17,20-22H,18-19H2,(H,37,38)(H,39,40). The molecule has 2 N–H and O–H groups in total. The van der Waals surface area contributed by atoms with E-state index < -0.39 is 17.5 Å². The topological polar surface area (TPSA) is 90.7 Å². The molecular formula is C34H26N2O4. The second kappa shape index (κ2) is 10.2. The SMILES string of the molecule is O=C(O)CCc1cccc(C2(C(=O)O)C=CC=CN2c2cccc3nc(-c4ccccc4)c4ccccc4c23)c1. The zero-order valence-corrected chi connectivity index (χ0v) is 21.6. The molecule has 1 aliphatic rings. The number of rotatable bonds is 7. The zero-order valence-electron chi connectivity index (χ0n) is 21.6. The number of fused-ring (bicyclic) bond motifs is 3. The summed E-state index contributed by atoms with van der Waals surface area (Å²) < 4.78 is 0. The first-order valence-corrected chi connectivity index (χ1v) is 13.1. The van der Waals surface area contributed by atoms with E-state index in [-0.39, 0.29) is 6.42 Å². The Morgan fingerprint density at radius 2 is 1.55 bits per heavy atom. The van der Waals surface area contributed by atoms with Gasteiger partial charge in [-0.1, -0.05) is 91.0 Å². The highest BCUT2D eigenvalue weighted by atomic mass is 16.4. The number of hydrogen-bond donors (Lipinski definition) is 2. The smallest absolute Gasteiger partial charge is 0.338 e. The normalized spacial score (nSPS) is 16.4. The van der Waals surface area contributed by atoms with Crippen molar-refractivity contribution >= 4 is 39.3 Å². The number of benzene rings is 4. The molecule has 6 nitrogen and oxygen atoms in total. The summed E-state index contributed by atoms with van der Waals surface area (Å²) in [6, 6.07) is 31.1. The van der Waals surface area contributed by atoms with Crippen molar-refractivity contribution in [3.05, 3.63) is 133 Å². The van der Waals surface area contributed by atoms with E-state index >= 15 is 0 Å². The van der Waals surface area contributed by atoms with Crippen LogP contribution in [0.4, 0.5) is 5.69 Å². The van der Waals surface area contributed by atoms with Gasteiger partial charge in [0.05, 0.1) is 16.9 Å². The summed E-state index contributed by atoms with van der Waals surface area (Å²) in [4.78, 5) is 31.3. The monoisotopic (exact) mass is 526 g/mol. The third-order valence-electron chi connectivity index (χ3n) is 7.40. The fourth-order valence-electron chi connectivity index (χ4n) is 5.55. The molecule has 40 heavy (non-hydrogen) atoms. The number of anilines is 1. The number of carboxylic acid groups (broad SMARTS) is 2. The lowest BCUT2D eigenvalue weighted by Crippen LogP contribution is -2.49. The molecule has 0 bridgehead atoms. The van der Waals surface area contributed by atoms with Crippen LogP contribution in [0.25, 0.3) is 32.9 Å². The lowest BCUT2D eigenvalue weighted by molar-refractivity contribution is -0.141. The van der Waals surface area contributed by atoms with Crippen molar-refractivity contribution in [3.8, 4) is 11.3 Å². The molecule has 6 heteroatoms. The molecule has 4 aromatic carbocycles. The Balaban J connectivity index is 1.59. The molecule has 196 valence electrons. The summed E-state index contributed by atoms with van der Waals surface area (Å²) in [6.45, 7) is 0. The molecule has 1 unspecified atom stereocenters. The Kier molecular flexibility index (Phi) is 6.36. The maximum Gasteiger partial charge on any atom is 0.338 e. The van der Waals surface area contributed by atoms with Crippen LogP contribution in [-0.2, 0) is 21.5 Å². The van der Waals surface area contributed by atoms with Gasteiger partial charge in [-0.15, -0.1) is 0 Å². The highest BCUT2D eigenvalue weighted by Gasteiger charge is 2.45. The minimum atomic E-state index is -1.55. The molecule has 0 saturated carbocycles. The van der Waals surface area contributed by atoms with Gasteiger partial charge in [-0.3, -0.25) is 4.79 Å². The summed E-state index contributed by atoms with van der Waals surface area (Å²) in [7, 11) is 0. The first kappa shape index (κ1) is 25.1. The number of pyridine rings is 1. The lowest BCUT2D eigenvalue weighted by atomic mass is 9.84. The summed E-state index contributed by atoms with van der Waals surface area (Å²) in [6.07, 6.45) is 7.30. The molecule has 2 heterocycles. The van der Waals surface area contributed by atoms with Gasteiger partial charge in [0.1, 0.15) is 0 Å². The van der Waals surface area contributed by atoms with E-state index in [1.807, 2.05) is 84.9 Å². The largest absolute Gasteiger partial charge is 0.481 e. The third-order valence-corrected chi connectivity index (χ3v) is 7.40. The van der Waals surface area contributed by atoms with Gasteiger partial charge in [0, 0.05) is 29.0 Å². The molecular weight excluding hydrogens is 500 g/mol. The van der Waals surface area contributed by atoms with E-state index in [9.17, 15) is 19.8 Å². The van der Waals surface area contributed by atoms with Gasteiger partial charge >= 0.3 is 11.9 Å². The summed E-state index contributed by atoms with van der Waals surface area (Å²) >= 11 is 0. The molecule has 0 radical (unpaired) electrons. The predicted octanol–water partition coefficient (Wildman–Crippen LogP) is 6.94. The van der Waals surface area contributed by atoms with Crippen molar-refractivity contribution in [1.82, 2.24) is 4.98 Å². The molecule has 6 rings (SSSR count). The van der Waals surface area contributed by atoms with Gasteiger partial charge in [0.2, 0.25) is 0 Å². The van der Waals surface area contributed by atoms with Crippen LogP contribution in [0.2, 0.25) is 0 Å². The van der Waals surface area contributed by atoms with Crippen LogP contribution in [0.5, 0.6) is 0 Å². The molecule has 0 fully saturated rings. The van der Waals surface area contributed by atoms with E-state index in [2.05, 4.69) is 0 Å². The summed E-state index contributed by atoms with van der Waals surface area (Å²) in [5.74, 6) is -1.94. The van der Waals surface area contributed by atoms with Gasteiger partial charge in [-0.25, -0.2) is 9.78 Å². The van der Waals surface area contributed by atoms with Gasteiger partial charge in [0.15, 0.2) is 5.54 Å². The Morgan fingerprint density at radius 3 is 2.33 bits per heavy atom. The van der Waals surface area contributed by atoms with Gasteiger partial charge in [-0.05, 0) is 47.2 Å². The Labute approximate surface area is 231 Å². The maximum atomic E-state index is 13.2. The second-order valence-electron chi connectivity index (χ2n) is 9.78. The predicted molar refractivity (Wildman–Crippen MR) is 157 cm³/mol. The number of aliphatic carboxylic acids is 2. The van der Waals surface area contributed by atoms with Crippen LogP contribution in [0.3, 0.4) is 0 Å². The van der Waals surface area contributed by atoms with E-state index in [1.165, 1.54) is 0 Å². The molecule has 0 aliphatic carbocycles. The molecule has 0 saturated heterocycles. The summed E-state index contributed by atoms with van der Waals surface area (Å²) in [5.41, 5.74) is 3.09. The number of aryl methyl sites for hydroxylation is 1. The van der Waals surface area contributed by atoms with Crippen LogP contribution in [0.15, 0.2) is 121 Å². The quantitative estimate of drug-likeness (QED) is 0.223. The Hall–Kier alpha value is -5.23. The molecule has 1 atom stereocenters. The zero-order chi connectivity index (χ0) is 27.7. The van der Waals surface area contributed by atoms with Crippen molar-refractivity contribution < 1.29 is 19.8 Å². The van der Waals surface area contributed by atoms with Crippen LogP contribution in [0.1, 0.15) is 17.5 Å². The highest BCUT2D eigenvalue weighted by molar-refractivity contribution is 6.16. The summed E-state index contributed by atoms with van der Waals surface area (Å²) in [5, 5.41) is 22.8. The molecule has 1 aliphatic heterocycles.